The van der Waals surface area contributed by atoms with E-state index in [0.717, 1.165) is 11.4 Å². The Labute approximate surface area is 127 Å². The summed E-state index contributed by atoms with van der Waals surface area (Å²) in [5, 5.41) is 8.87. The maximum atomic E-state index is 4.55. The summed E-state index contributed by atoms with van der Waals surface area (Å²) in [5.41, 5.74) is 6.36. The smallest absolute Gasteiger partial charge is 0.0736 e. The summed E-state index contributed by atoms with van der Waals surface area (Å²) < 4.78 is 0. The van der Waals surface area contributed by atoms with E-state index in [0.29, 0.717) is 0 Å². The summed E-state index contributed by atoms with van der Waals surface area (Å²) in [6, 6.07) is 11.2. The summed E-state index contributed by atoms with van der Waals surface area (Å²) >= 11 is 0. The van der Waals surface area contributed by atoms with Gasteiger partial charge < -0.3 is 0 Å². The third-order valence-corrected chi connectivity index (χ3v) is 5.05. The molecule has 1 aromatic carbocycles. The predicted molar refractivity (Wildman–Crippen MR) is 86.6 cm³/mol. The maximum absolute atomic E-state index is 4.55. The highest BCUT2D eigenvalue weighted by atomic mass is 15.1. The molecule has 2 nitrogen and oxygen atoms in total. The van der Waals surface area contributed by atoms with Crippen LogP contribution < -0.4 is 0 Å². The molecule has 0 unspecified atom stereocenters. The minimum Gasteiger partial charge on any atom is -0.156 e. The first-order valence-corrected chi connectivity index (χ1v) is 8.00. The Morgan fingerprint density at radius 2 is 1.57 bits per heavy atom. The third kappa shape index (κ3) is 2.59. The molecule has 0 spiro atoms. The monoisotopic (exact) mass is 280 g/mol. The molecule has 0 saturated heterocycles. The second-order valence-electron chi connectivity index (χ2n) is 6.50. The molecule has 1 saturated carbocycles. The normalized spacial score (nSPS) is 17.7. The quantitative estimate of drug-likeness (QED) is 0.800. The lowest BCUT2D eigenvalue weighted by atomic mass is 9.67. The molecule has 0 aliphatic heterocycles. The van der Waals surface area contributed by atoms with Crippen molar-refractivity contribution in [2.24, 2.45) is 0 Å². The van der Waals surface area contributed by atoms with E-state index in [1.54, 1.807) is 0 Å². The number of aryl methyl sites for hydroxylation is 3. The molecular weight excluding hydrogens is 256 g/mol. The molecule has 1 heterocycles. The van der Waals surface area contributed by atoms with Gasteiger partial charge in [0.1, 0.15) is 0 Å². The van der Waals surface area contributed by atoms with Crippen molar-refractivity contribution in [1.82, 2.24) is 10.2 Å². The van der Waals surface area contributed by atoms with Crippen LogP contribution in [0.15, 0.2) is 30.3 Å². The van der Waals surface area contributed by atoms with Crippen molar-refractivity contribution in [1.29, 1.82) is 0 Å². The van der Waals surface area contributed by atoms with Gasteiger partial charge in [-0.15, -0.1) is 0 Å². The second kappa shape index (κ2) is 5.59. The highest BCUT2D eigenvalue weighted by Gasteiger charge is 2.37. The van der Waals surface area contributed by atoms with E-state index in [9.17, 15) is 0 Å². The average molecular weight is 280 g/mol. The Hall–Kier alpha value is -1.70. The minimum atomic E-state index is 0.0669. The molecule has 1 aromatic heterocycles. The Bertz CT molecular complexity index is 623. The zero-order chi connectivity index (χ0) is 14.9. The summed E-state index contributed by atoms with van der Waals surface area (Å²) in [6.07, 6.45) is 6.28. The van der Waals surface area contributed by atoms with Crippen LogP contribution in [0.1, 0.15) is 60.2 Å². The second-order valence-corrected chi connectivity index (χ2v) is 6.50. The number of aromatic nitrogens is 2. The highest BCUT2D eigenvalue weighted by Crippen LogP contribution is 2.44. The standard InChI is InChI=1S/C19H24N2/c1-14-7-9-17(13-15(14)2)19(11-5-4-6-12-19)18-10-8-16(3)20-21-18/h7-10,13H,4-6,11-12H2,1-3H3. The van der Waals surface area contributed by atoms with Gasteiger partial charge in [-0.25, -0.2) is 0 Å². The maximum Gasteiger partial charge on any atom is 0.0736 e. The first-order chi connectivity index (χ1) is 10.1. The van der Waals surface area contributed by atoms with Gasteiger partial charge in [0.2, 0.25) is 0 Å². The molecule has 1 aliphatic carbocycles. The van der Waals surface area contributed by atoms with Gasteiger partial charge in [0.25, 0.3) is 0 Å². The van der Waals surface area contributed by atoms with Crippen LogP contribution >= 0.6 is 0 Å². The molecule has 110 valence electrons. The first-order valence-electron chi connectivity index (χ1n) is 8.00. The van der Waals surface area contributed by atoms with Crippen LogP contribution in [0.5, 0.6) is 0 Å². The molecule has 2 heteroatoms. The molecule has 0 radical (unpaired) electrons. The van der Waals surface area contributed by atoms with Gasteiger partial charge in [-0.05, 0) is 62.4 Å². The zero-order valence-corrected chi connectivity index (χ0v) is 13.3. The van der Waals surface area contributed by atoms with Crippen molar-refractivity contribution in [3.63, 3.8) is 0 Å². The lowest BCUT2D eigenvalue weighted by Crippen LogP contribution is -2.32. The van der Waals surface area contributed by atoms with Gasteiger partial charge in [-0.1, -0.05) is 37.5 Å². The van der Waals surface area contributed by atoms with Crippen molar-refractivity contribution in [3.8, 4) is 0 Å². The number of hydrogen-bond acceptors (Lipinski definition) is 2. The van der Waals surface area contributed by atoms with Gasteiger partial charge in [0, 0.05) is 5.41 Å². The summed E-state index contributed by atoms with van der Waals surface area (Å²) in [7, 11) is 0. The van der Waals surface area contributed by atoms with E-state index in [1.165, 1.54) is 48.8 Å². The van der Waals surface area contributed by atoms with Gasteiger partial charge in [-0.3, -0.25) is 0 Å². The summed E-state index contributed by atoms with van der Waals surface area (Å²) in [4.78, 5) is 0. The number of rotatable bonds is 2. The fourth-order valence-corrected chi connectivity index (χ4v) is 3.54. The van der Waals surface area contributed by atoms with Gasteiger partial charge in [0.15, 0.2) is 0 Å². The molecule has 0 N–H and O–H groups in total. The highest BCUT2D eigenvalue weighted by molar-refractivity contribution is 5.40. The SMILES string of the molecule is Cc1ccc(C2(c3ccc(C)c(C)c3)CCCCC2)nn1. The van der Waals surface area contributed by atoms with Crippen LogP contribution in [0, 0.1) is 20.8 Å². The van der Waals surface area contributed by atoms with Crippen molar-refractivity contribution in [3.05, 3.63) is 58.4 Å². The van der Waals surface area contributed by atoms with Gasteiger partial charge in [0.05, 0.1) is 11.4 Å². The van der Waals surface area contributed by atoms with E-state index in [1.807, 2.05) is 6.92 Å². The van der Waals surface area contributed by atoms with Crippen LogP contribution in [0.2, 0.25) is 0 Å². The van der Waals surface area contributed by atoms with Crippen molar-refractivity contribution < 1.29 is 0 Å². The van der Waals surface area contributed by atoms with Gasteiger partial charge in [-0.2, -0.15) is 10.2 Å². The van der Waals surface area contributed by atoms with Crippen molar-refractivity contribution in [2.75, 3.05) is 0 Å². The largest absolute Gasteiger partial charge is 0.156 e. The molecule has 0 bridgehead atoms. The van der Waals surface area contributed by atoms with Crippen LogP contribution in [0.4, 0.5) is 0 Å². The van der Waals surface area contributed by atoms with E-state index in [-0.39, 0.29) is 5.41 Å². The lowest BCUT2D eigenvalue weighted by Gasteiger charge is -2.37. The fraction of sp³-hybridized carbons (Fsp3) is 0.474. The third-order valence-electron chi connectivity index (χ3n) is 5.05. The molecule has 2 aromatic rings. The van der Waals surface area contributed by atoms with Crippen LogP contribution in [0.25, 0.3) is 0 Å². The van der Waals surface area contributed by atoms with Gasteiger partial charge >= 0.3 is 0 Å². The Kier molecular flexibility index (Phi) is 3.79. The Morgan fingerprint density at radius 1 is 0.810 bits per heavy atom. The van der Waals surface area contributed by atoms with E-state index in [2.05, 4.69) is 54.4 Å². The molecule has 21 heavy (non-hydrogen) atoms. The Morgan fingerprint density at radius 3 is 2.19 bits per heavy atom. The topological polar surface area (TPSA) is 25.8 Å². The molecule has 0 atom stereocenters. The number of hydrogen-bond donors (Lipinski definition) is 0. The average Bonchev–Trinajstić information content (AvgIpc) is 2.51. The van der Waals surface area contributed by atoms with Crippen LogP contribution in [-0.4, -0.2) is 10.2 Å². The van der Waals surface area contributed by atoms with Crippen LogP contribution in [0.3, 0.4) is 0 Å². The van der Waals surface area contributed by atoms with Crippen molar-refractivity contribution >= 4 is 0 Å². The zero-order valence-electron chi connectivity index (χ0n) is 13.3. The first kappa shape index (κ1) is 14.2. The summed E-state index contributed by atoms with van der Waals surface area (Å²) in [6.45, 7) is 6.38. The van der Waals surface area contributed by atoms with Crippen LogP contribution in [-0.2, 0) is 5.41 Å². The fourth-order valence-electron chi connectivity index (χ4n) is 3.54. The lowest BCUT2D eigenvalue weighted by molar-refractivity contribution is 0.336. The molecule has 1 aliphatic rings. The van der Waals surface area contributed by atoms with E-state index < -0.39 is 0 Å². The van der Waals surface area contributed by atoms with E-state index in [4.69, 9.17) is 0 Å². The molecule has 1 fully saturated rings. The Balaban J connectivity index is 2.12. The number of benzene rings is 1. The van der Waals surface area contributed by atoms with Crippen molar-refractivity contribution in [2.45, 2.75) is 58.3 Å². The number of nitrogens with zero attached hydrogens (tertiary/aromatic N) is 2. The minimum absolute atomic E-state index is 0.0669. The molecule has 0 amide bonds. The van der Waals surface area contributed by atoms with E-state index >= 15 is 0 Å². The molecular formula is C19H24N2. The summed E-state index contributed by atoms with van der Waals surface area (Å²) in [5.74, 6) is 0. The predicted octanol–water partition coefficient (Wildman–Crippen LogP) is 4.65. The molecule has 3 rings (SSSR count).